The first-order valence-corrected chi connectivity index (χ1v) is 6.68. The van der Waals surface area contributed by atoms with Gasteiger partial charge in [0, 0.05) is 0 Å². The van der Waals surface area contributed by atoms with Gasteiger partial charge in [-0.25, -0.2) is 0 Å². The molecule has 18 heavy (non-hydrogen) atoms. The Morgan fingerprint density at radius 3 is 2.00 bits per heavy atom. The van der Waals surface area contributed by atoms with Crippen LogP contribution < -0.4 is 0 Å². The molecule has 0 saturated carbocycles. The molecule has 0 aromatic rings. The first-order valence-electron chi connectivity index (χ1n) is 6.68. The first-order chi connectivity index (χ1) is 8.31. The lowest BCUT2D eigenvalue weighted by Gasteiger charge is -2.36. The number of fused-ring (bicyclic) bond motifs is 3. The summed E-state index contributed by atoms with van der Waals surface area (Å²) in [7, 11) is 0. The first kappa shape index (κ1) is 12.8. The summed E-state index contributed by atoms with van der Waals surface area (Å²) >= 11 is 0. The van der Waals surface area contributed by atoms with E-state index in [-0.39, 0.29) is 30.7 Å². The average molecular weight is 258 g/mol. The molecule has 3 saturated heterocycles. The molecule has 3 aliphatic heterocycles. The zero-order chi connectivity index (χ0) is 13.1. The molecule has 0 aromatic carbocycles. The molecule has 3 aliphatic rings. The minimum Gasteiger partial charge on any atom is -0.344 e. The van der Waals surface area contributed by atoms with Crippen LogP contribution >= 0.6 is 0 Å². The molecule has 3 rings (SSSR count). The minimum absolute atomic E-state index is 0.00414. The normalized spacial score (nSPS) is 48.8. The highest BCUT2D eigenvalue weighted by Gasteiger charge is 2.60. The Labute approximate surface area is 108 Å². The van der Waals surface area contributed by atoms with Gasteiger partial charge in [-0.2, -0.15) is 0 Å². The molecule has 104 valence electrons. The third-order valence-corrected chi connectivity index (χ3v) is 3.65. The fourth-order valence-corrected chi connectivity index (χ4v) is 3.02. The molecule has 5 heteroatoms. The van der Waals surface area contributed by atoms with E-state index in [1.54, 1.807) is 0 Å². The lowest BCUT2D eigenvalue weighted by molar-refractivity contribution is -0.234. The van der Waals surface area contributed by atoms with E-state index in [2.05, 4.69) is 6.92 Å². The smallest absolute Gasteiger partial charge is 0.190 e. The molecule has 0 radical (unpaired) electrons. The fourth-order valence-electron chi connectivity index (χ4n) is 3.02. The molecule has 5 nitrogen and oxygen atoms in total. The van der Waals surface area contributed by atoms with E-state index in [0.29, 0.717) is 0 Å². The number of rotatable bonds is 1. The maximum absolute atomic E-state index is 5.98. The second-order valence-corrected chi connectivity index (χ2v) is 6.12. The molecule has 5 atom stereocenters. The average Bonchev–Trinajstić information content (AvgIpc) is 2.71. The van der Waals surface area contributed by atoms with Gasteiger partial charge in [-0.15, -0.1) is 0 Å². The van der Waals surface area contributed by atoms with E-state index in [1.807, 2.05) is 27.7 Å². The van der Waals surface area contributed by atoms with Crippen LogP contribution in [0, 0.1) is 0 Å². The van der Waals surface area contributed by atoms with Crippen molar-refractivity contribution in [3.05, 3.63) is 0 Å². The van der Waals surface area contributed by atoms with E-state index < -0.39 is 11.6 Å². The van der Waals surface area contributed by atoms with Crippen LogP contribution in [0.1, 0.15) is 41.0 Å². The van der Waals surface area contributed by atoms with Gasteiger partial charge in [0.2, 0.25) is 0 Å². The van der Waals surface area contributed by atoms with Gasteiger partial charge in [0.1, 0.15) is 18.3 Å². The summed E-state index contributed by atoms with van der Waals surface area (Å²) in [5.74, 6) is -1.21. The summed E-state index contributed by atoms with van der Waals surface area (Å²) in [6, 6.07) is 0. The Balaban J connectivity index is 1.86. The summed E-state index contributed by atoms with van der Waals surface area (Å²) in [5, 5.41) is 0. The van der Waals surface area contributed by atoms with Crippen molar-refractivity contribution < 1.29 is 23.7 Å². The highest BCUT2D eigenvalue weighted by molar-refractivity contribution is 4.99. The third kappa shape index (κ3) is 1.98. The summed E-state index contributed by atoms with van der Waals surface area (Å²) in [5.41, 5.74) is 0. The van der Waals surface area contributed by atoms with Crippen LogP contribution in [0.15, 0.2) is 0 Å². The molecule has 0 aromatic heterocycles. The molecule has 0 spiro atoms. The van der Waals surface area contributed by atoms with Crippen LogP contribution in [0.2, 0.25) is 0 Å². The van der Waals surface area contributed by atoms with Gasteiger partial charge < -0.3 is 23.7 Å². The third-order valence-electron chi connectivity index (χ3n) is 3.65. The van der Waals surface area contributed by atoms with Gasteiger partial charge in [0.25, 0.3) is 0 Å². The van der Waals surface area contributed by atoms with Crippen LogP contribution in [0.5, 0.6) is 0 Å². The van der Waals surface area contributed by atoms with Crippen molar-refractivity contribution in [2.24, 2.45) is 0 Å². The number of hydrogen-bond donors (Lipinski definition) is 0. The highest BCUT2D eigenvalue weighted by atomic mass is 16.9. The van der Waals surface area contributed by atoms with Gasteiger partial charge in [0.15, 0.2) is 17.9 Å². The van der Waals surface area contributed by atoms with Crippen LogP contribution in [-0.2, 0) is 23.7 Å². The van der Waals surface area contributed by atoms with Gasteiger partial charge in [-0.3, -0.25) is 0 Å². The maximum atomic E-state index is 5.98. The largest absolute Gasteiger partial charge is 0.344 e. The number of hydrogen-bond acceptors (Lipinski definition) is 5. The van der Waals surface area contributed by atoms with Gasteiger partial charge in [-0.05, 0) is 34.1 Å². The molecule has 0 aliphatic carbocycles. The van der Waals surface area contributed by atoms with E-state index in [0.717, 1.165) is 6.42 Å². The van der Waals surface area contributed by atoms with E-state index in [9.17, 15) is 0 Å². The quantitative estimate of drug-likeness (QED) is 0.717. The minimum atomic E-state index is -0.626. The predicted octanol–water partition coefficient (Wildman–Crippen LogP) is 1.79. The van der Waals surface area contributed by atoms with Crippen molar-refractivity contribution in [3.8, 4) is 0 Å². The topological polar surface area (TPSA) is 46.2 Å². The summed E-state index contributed by atoms with van der Waals surface area (Å²) in [4.78, 5) is 0. The van der Waals surface area contributed by atoms with Crippen LogP contribution in [0.25, 0.3) is 0 Å². The van der Waals surface area contributed by atoms with Crippen molar-refractivity contribution in [2.75, 3.05) is 0 Å². The monoisotopic (exact) mass is 258 g/mol. The molecule has 0 amide bonds. The summed E-state index contributed by atoms with van der Waals surface area (Å²) < 4.78 is 29.6. The van der Waals surface area contributed by atoms with Crippen molar-refractivity contribution in [3.63, 3.8) is 0 Å². The number of ether oxygens (including phenoxy) is 5. The van der Waals surface area contributed by atoms with Crippen molar-refractivity contribution in [2.45, 2.75) is 83.3 Å². The molecule has 3 fully saturated rings. The maximum Gasteiger partial charge on any atom is 0.190 e. The Kier molecular flexibility index (Phi) is 2.78. The van der Waals surface area contributed by atoms with Crippen LogP contribution in [0.3, 0.4) is 0 Å². The van der Waals surface area contributed by atoms with Crippen molar-refractivity contribution in [1.82, 2.24) is 0 Å². The van der Waals surface area contributed by atoms with Gasteiger partial charge in [0.05, 0.1) is 6.10 Å². The SMILES string of the molecule is CCC1O[C@@H]2OC(C)(C)OC2C2OC(C)(C)O[C@@H]12. The zero-order valence-electron chi connectivity index (χ0n) is 11.6. The van der Waals surface area contributed by atoms with E-state index >= 15 is 0 Å². The molecule has 3 unspecified atom stereocenters. The Morgan fingerprint density at radius 1 is 0.778 bits per heavy atom. The lowest BCUT2D eigenvalue weighted by Crippen LogP contribution is -2.54. The Morgan fingerprint density at radius 2 is 1.33 bits per heavy atom. The molecule has 0 bridgehead atoms. The summed E-state index contributed by atoms with van der Waals surface area (Å²) in [6.45, 7) is 9.72. The van der Waals surface area contributed by atoms with Crippen molar-refractivity contribution >= 4 is 0 Å². The predicted molar refractivity (Wildman–Crippen MR) is 62.8 cm³/mol. The molecule has 0 N–H and O–H groups in total. The second-order valence-electron chi connectivity index (χ2n) is 6.12. The molecular formula is C13H22O5. The highest BCUT2D eigenvalue weighted by Crippen LogP contribution is 2.44. The van der Waals surface area contributed by atoms with Gasteiger partial charge >= 0.3 is 0 Å². The van der Waals surface area contributed by atoms with Crippen LogP contribution in [0.4, 0.5) is 0 Å². The molecule has 3 heterocycles. The standard InChI is InChI=1S/C13H22O5/c1-6-7-8-9(16-12(2,3)15-8)10-11(14-7)18-13(4,5)17-10/h7-11H,6H2,1-5H3/t7?,8-,9?,10?,11+/m0/s1. The summed E-state index contributed by atoms with van der Waals surface area (Å²) in [6.07, 6.45) is 0.0937. The van der Waals surface area contributed by atoms with Crippen LogP contribution in [-0.4, -0.2) is 42.3 Å². The molecular weight excluding hydrogens is 236 g/mol. The van der Waals surface area contributed by atoms with Gasteiger partial charge in [-0.1, -0.05) is 6.92 Å². The lowest BCUT2D eigenvalue weighted by atomic mass is 9.97. The Bertz CT molecular complexity index is 340. The van der Waals surface area contributed by atoms with E-state index in [4.69, 9.17) is 23.7 Å². The fraction of sp³-hybridized carbons (Fsp3) is 1.00. The zero-order valence-corrected chi connectivity index (χ0v) is 11.6. The Hall–Kier alpha value is -0.200. The second kappa shape index (κ2) is 3.90. The van der Waals surface area contributed by atoms with Crippen molar-refractivity contribution in [1.29, 1.82) is 0 Å². The van der Waals surface area contributed by atoms with E-state index in [1.165, 1.54) is 0 Å².